The SMILES string of the molecule is Cc1c(N[C@@H]2CCN(C=CC=O)C2)cccc1C(F)(F)F. The zero-order valence-electron chi connectivity index (χ0n) is 11.7. The highest BCUT2D eigenvalue weighted by Crippen LogP contribution is 2.35. The maximum Gasteiger partial charge on any atom is 0.416 e. The molecule has 1 saturated heterocycles. The fourth-order valence-electron chi connectivity index (χ4n) is 2.52. The second-order valence-electron chi connectivity index (χ2n) is 5.08. The molecule has 1 aromatic rings. The highest BCUT2D eigenvalue weighted by molar-refractivity contribution is 5.64. The van der Waals surface area contributed by atoms with Crippen molar-refractivity contribution in [1.82, 2.24) is 4.90 Å². The van der Waals surface area contributed by atoms with Gasteiger partial charge in [0.1, 0.15) is 6.29 Å². The molecule has 0 radical (unpaired) electrons. The number of anilines is 1. The van der Waals surface area contributed by atoms with Crippen molar-refractivity contribution >= 4 is 12.0 Å². The molecule has 21 heavy (non-hydrogen) atoms. The minimum Gasteiger partial charge on any atom is -0.380 e. The number of rotatable bonds is 4. The van der Waals surface area contributed by atoms with Crippen LogP contribution in [-0.2, 0) is 11.0 Å². The first-order valence-electron chi connectivity index (χ1n) is 6.71. The summed E-state index contributed by atoms with van der Waals surface area (Å²) in [6.45, 7) is 2.92. The Morgan fingerprint density at radius 1 is 1.38 bits per heavy atom. The second kappa shape index (κ2) is 6.20. The Balaban J connectivity index is 2.08. The number of nitrogens with one attached hydrogen (secondary N) is 1. The molecule has 0 saturated carbocycles. The van der Waals surface area contributed by atoms with E-state index in [1.165, 1.54) is 19.1 Å². The summed E-state index contributed by atoms with van der Waals surface area (Å²) in [6.07, 6.45) is 0.304. The van der Waals surface area contributed by atoms with E-state index in [0.717, 1.165) is 19.0 Å². The minimum absolute atomic E-state index is 0.0727. The molecule has 0 spiro atoms. The third kappa shape index (κ3) is 3.77. The van der Waals surface area contributed by atoms with Gasteiger partial charge in [-0.15, -0.1) is 0 Å². The average molecular weight is 298 g/mol. The molecule has 1 aliphatic rings. The Bertz CT molecular complexity index is 540. The van der Waals surface area contributed by atoms with Crippen molar-refractivity contribution in [2.24, 2.45) is 0 Å². The van der Waals surface area contributed by atoms with E-state index in [1.807, 2.05) is 4.90 Å². The van der Waals surface area contributed by atoms with Gasteiger partial charge in [-0.1, -0.05) is 6.07 Å². The van der Waals surface area contributed by atoms with Crippen molar-refractivity contribution < 1.29 is 18.0 Å². The maximum atomic E-state index is 12.9. The van der Waals surface area contributed by atoms with Crippen LogP contribution in [0, 0.1) is 6.92 Å². The summed E-state index contributed by atoms with van der Waals surface area (Å²) >= 11 is 0. The Morgan fingerprint density at radius 2 is 2.14 bits per heavy atom. The highest BCUT2D eigenvalue weighted by atomic mass is 19.4. The van der Waals surface area contributed by atoms with E-state index in [1.54, 1.807) is 12.3 Å². The average Bonchev–Trinajstić information content (AvgIpc) is 2.85. The van der Waals surface area contributed by atoms with Gasteiger partial charge in [-0.2, -0.15) is 13.2 Å². The van der Waals surface area contributed by atoms with E-state index in [2.05, 4.69) is 5.32 Å². The van der Waals surface area contributed by atoms with E-state index in [9.17, 15) is 18.0 Å². The van der Waals surface area contributed by atoms with Crippen molar-refractivity contribution in [3.63, 3.8) is 0 Å². The van der Waals surface area contributed by atoms with Gasteiger partial charge in [-0.05, 0) is 37.1 Å². The molecule has 0 aromatic heterocycles. The molecule has 114 valence electrons. The third-order valence-corrected chi connectivity index (χ3v) is 3.59. The zero-order valence-corrected chi connectivity index (χ0v) is 11.7. The number of aldehydes is 1. The number of halogens is 3. The van der Waals surface area contributed by atoms with Gasteiger partial charge in [0.25, 0.3) is 0 Å². The minimum atomic E-state index is -4.34. The zero-order chi connectivity index (χ0) is 15.5. The molecule has 3 nitrogen and oxygen atoms in total. The van der Waals surface area contributed by atoms with Gasteiger partial charge < -0.3 is 10.2 Å². The summed E-state index contributed by atoms with van der Waals surface area (Å²) < 4.78 is 38.6. The Morgan fingerprint density at radius 3 is 2.81 bits per heavy atom. The molecule has 0 unspecified atom stereocenters. The number of carbonyl (C=O) groups is 1. The quantitative estimate of drug-likeness (QED) is 0.684. The molecule has 1 fully saturated rings. The summed E-state index contributed by atoms with van der Waals surface area (Å²) in [4.78, 5) is 12.2. The van der Waals surface area contributed by atoms with Gasteiger partial charge >= 0.3 is 6.18 Å². The molecule has 1 aliphatic heterocycles. The smallest absolute Gasteiger partial charge is 0.380 e. The van der Waals surface area contributed by atoms with Crippen LogP contribution in [0.25, 0.3) is 0 Å². The predicted molar refractivity (Wildman–Crippen MR) is 75.0 cm³/mol. The predicted octanol–water partition coefficient (Wildman–Crippen LogP) is 3.21. The van der Waals surface area contributed by atoms with Crippen molar-refractivity contribution in [1.29, 1.82) is 0 Å². The monoisotopic (exact) mass is 298 g/mol. The number of hydrogen-bond donors (Lipinski definition) is 1. The lowest BCUT2D eigenvalue weighted by Crippen LogP contribution is -2.24. The molecular weight excluding hydrogens is 281 g/mol. The summed E-state index contributed by atoms with van der Waals surface area (Å²) in [5.41, 5.74) is 0.117. The van der Waals surface area contributed by atoms with Crippen LogP contribution >= 0.6 is 0 Å². The third-order valence-electron chi connectivity index (χ3n) is 3.59. The largest absolute Gasteiger partial charge is 0.416 e. The van der Waals surface area contributed by atoms with E-state index in [0.29, 0.717) is 18.5 Å². The molecule has 1 atom stereocenters. The standard InChI is InChI=1S/C15H17F3N2O/c1-11-13(15(16,17)18)4-2-5-14(11)19-12-6-8-20(10-12)7-3-9-21/h2-5,7,9,12,19H,6,8,10H2,1H3/t12-/m1/s1. The Kier molecular flexibility index (Phi) is 4.55. The fourth-order valence-corrected chi connectivity index (χ4v) is 2.52. The normalized spacial score (nSPS) is 19.2. The molecule has 0 amide bonds. The summed E-state index contributed by atoms with van der Waals surface area (Å²) in [6, 6.07) is 4.24. The summed E-state index contributed by atoms with van der Waals surface area (Å²) in [7, 11) is 0. The lowest BCUT2D eigenvalue weighted by atomic mass is 10.1. The van der Waals surface area contributed by atoms with E-state index in [-0.39, 0.29) is 11.6 Å². The van der Waals surface area contributed by atoms with E-state index >= 15 is 0 Å². The Labute approximate surface area is 121 Å². The van der Waals surface area contributed by atoms with Crippen LogP contribution in [0.5, 0.6) is 0 Å². The Hall–Kier alpha value is -1.98. The van der Waals surface area contributed by atoms with Gasteiger partial charge in [-0.3, -0.25) is 4.79 Å². The van der Waals surface area contributed by atoms with Gasteiger partial charge in [0.2, 0.25) is 0 Å². The first-order chi connectivity index (χ1) is 9.91. The number of likely N-dealkylation sites (tertiary alicyclic amines) is 1. The molecule has 1 heterocycles. The lowest BCUT2D eigenvalue weighted by Gasteiger charge is -2.19. The molecule has 1 N–H and O–H groups in total. The molecule has 1 aromatic carbocycles. The van der Waals surface area contributed by atoms with Crippen LogP contribution in [0.4, 0.5) is 18.9 Å². The van der Waals surface area contributed by atoms with Crippen LogP contribution in [-0.4, -0.2) is 30.3 Å². The topological polar surface area (TPSA) is 32.3 Å². The van der Waals surface area contributed by atoms with Crippen LogP contribution in [0.3, 0.4) is 0 Å². The number of allylic oxidation sites excluding steroid dienone is 1. The van der Waals surface area contributed by atoms with Crippen LogP contribution < -0.4 is 5.32 Å². The van der Waals surface area contributed by atoms with E-state index in [4.69, 9.17) is 0 Å². The number of carbonyl (C=O) groups excluding carboxylic acids is 1. The van der Waals surface area contributed by atoms with Crippen molar-refractivity contribution in [2.45, 2.75) is 25.6 Å². The first-order valence-corrected chi connectivity index (χ1v) is 6.71. The van der Waals surface area contributed by atoms with E-state index < -0.39 is 11.7 Å². The maximum absolute atomic E-state index is 12.9. The fraction of sp³-hybridized carbons (Fsp3) is 0.400. The summed E-state index contributed by atoms with van der Waals surface area (Å²) in [5.74, 6) is 0. The highest BCUT2D eigenvalue weighted by Gasteiger charge is 2.33. The number of benzene rings is 1. The van der Waals surface area contributed by atoms with Crippen LogP contribution in [0.1, 0.15) is 17.5 Å². The van der Waals surface area contributed by atoms with Gasteiger partial charge in [0.05, 0.1) is 5.56 Å². The molecule has 2 rings (SSSR count). The van der Waals surface area contributed by atoms with Crippen LogP contribution in [0.2, 0.25) is 0 Å². The number of nitrogens with zero attached hydrogens (tertiary/aromatic N) is 1. The van der Waals surface area contributed by atoms with Gasteiger partial charge in [-0.25, -0.2) is 0 Å². The molecular formula is C15H17F3N2O. The second-order valence-corrected chi connectivity index (χ2v) is 5.08. The number of hydrogen-bond acceptors (Lipinski definition) is 3. The van der Waals surface area contributed by atoms with Crippen molar-refractivity contribution in [2.75, 3.05) is 18.4 Å². The lowest BCUT2D eigenvalue weighted by molar-refractivity contribution is -0.138. The molecule has 0 bridgehead atoms. The molecule has 6 heteroatoms. The van der Waals surface area contributed by atoms with Gasteiger partial charge in [0.15, 0.2) is 0 Å². The van der Waals surface area contributed by atoms with Crippen molar-refractivity contribution in [3.8, 4) is 0 Å². The number of alkyl halides is 3. The first kappa shape index (κ1) is 15.4. The van der Waals surface area contributed by atoms with Crippen LogP contribution in [0.15, 0.2) is 30.5 Å². The van der Waals surface area contributed by atoms with Crippen molar-refractivity contribution in [3.05, 3.63) is 41.6 Å². The molecule has 0 aliphatic carbocycles. The van der Waals surface area contributed by atoms with Gasteiger partial charge in [0, 0.05) is 31.0 Å². The summed E-state index contributed by atoms with van der Waals surface area (Å²) in [5, 5.41) is 3.16.